The maximum Gasteiger partial charge on any atom is 0.0721 e. The summed E-state index contributed by atoms with van der Waals surface area (Å²) in [5.41, 5.74) is 5.57. The lowest BCUT2D eigenvalue weighted by Crippen LogP contribution is -2.12. The molecule has 0 atom stereocenters. The van der Waals surface area contributed by atoms with Gasteiger partial charge in [0.1, 0.15) is 0 Å². The molecule has 1 fully saturated rings. The fourth-order valence-electron chi connectivity index (χ4n) is 4.20. The Balaban J connectivity index is 1.48. The molecule has 2 aromatic rings. The Morgan fingerprint density at radius 1 is 0.821 bits per heavy atom. The molecule has 3 rings (SSSR count). The van der Waals surface area contributed by atoms with Crippen LogP contribution in [-0.2, 0) is 11.3 Å². The van der Waals surface area contributed by atoms with Crippen LogP contribution in [0.25, 0.3) is 6.08 Å². The van der Waals surface area contributed by atoms with Gasteiger partial charge in [0.25, 0.3) is 0 Å². The van der Waals surface area contributed by atoms with Crippen molar-refractivity contribution >= 4 is 6.08 Å². The summed E-state index contributed by atoms with van der Waals surface area (Å²) in [6.45, 7) is 5.61. The van der Waals surface area contributed by atoms with Gasteiger partial charge in [-0.15, -0.1) is 0 Å². The molecule has 1 aliphatic carbocycles. The zero-order chi connectivity index (χ0) is 19.6. The van der Waals surface area contributed by atoms with Crippen molar-refractivity contribution in [3.63, 3.8) is 0 Å². The van der Waals surface area contributed by atoms with Crippen molar-refractivity contribution in [1.29, 1.82) is 0 Å². The van der Waals surface area contributed by atoms with Gasteiger partial charge in [0.05, 0.1) is 13.2 Å². The molecule has 1 nitrogen and oxygen atoms in total. The third-order valence-electron chi connectivity index (χ3n) is 5.83. The van der Waals surface area contributed by atoms with Gasteiger partial charge in [-0.25, -0.2) is 0 Å². The molecule has 1 saturated carbocycles. The summed E-state index contributed by atoms with van der Waals surface area (Å²) in [6, 6.07) is 18.3. The Bertz CT molecular complexity index is 744. The number of hydrogen-bond donors (Lipinski definition) is 0. The van der Waals surface area contributed by atoms with E-state index in [0.717, 1.165) is 12.3 Å². The van der Waals surface area contributed by atoms with Crippen molar-refractivity contribution < 1.29 is 4.74 Å². The summed E-state index contributed by atoms with van der Waals surface area (Å²) in [4.78, 5) is 0. The van der Waals surface area contributed by atoms with Crippen LogP contribution in [0.15, 0.2) is 66.8 Å². The lowest BCUT2D eigenvalue weighted by Gasteiger charge is -2.29. The third kappa shape index (κ3) is 5.94. The minimum absolute atomic E-state index is 0.699. The highest BCUT2D eigenvalue weighted by atomic mass is 16.5. The standard InChI is InChI=1S/C27H34O/c1-3-5-6-20-28-21-23-10-14-25(15-11-23)27-18-16-26(17-19-27)24-12-8-22(7-4-2)9-13-24/h4-15,26-27H,3,16-21H2,1-2H3/t26-,27-. The lowest BCUT2D eigenvalue weighted by atomic mass is 9.76. The smallest absolute Gasteiger partial charge is 0.0721 e. The van der Waals surface area contributed by atoms with Gasteiger partial charge in [-0.05, 0) is 73.1 Å². The van der Waals surface area contributed by atoms with Crippen LogP contribution in [0.5, 0.6) is 0 Å². The largest absolute Gasteiger partial charge is 0.373 e. The molecule has 0 radical (unpaired) electrons. The van der Waals surface area contributed by atoms with Crippen LogP contribution >= 0.6 is 0 Å². The molecule has 0 heterocycles. The topological polar surface area (TPSA) is 9.23 Å². The molecule has 1 aliphatic rings. The molecule has 0 bridgehead atoms. The zero-order valence-electron chi connectivity index (χ0n) is 17.4. The summed E-state index contributed by atoms with van der Waals surface area (Å²) in [5.74, 6) is 1.43. The number of rotatable bonds is 8. The van der Waals surface area contributed by atoms with Gasteiger partial charge >= 0.3 is 0 Å². The molecule has 1 heteroatoms. The van der Waals surface area contributed by atoms with E-state index in [9.17, 15) is 0 Å². The molecule has 0 spiro atoms. The van der Waals surface area contributed by atoms with Crippen LogP contribution < -0.4 is 0 Å². The van der Waals surface area contributed by atoms with Gasteiger partial charge in [-0.1, -0.05) is 79.8 Å². The molecule has 28 heavy (non-hydrogen) atoms. The average Bonchev–Trinajstić information content (AvgIpc) is 2.75. The van der Waals surface area contributed by atoms with E-state index >= 15 is 0 Å². The molecule has 148 valence electrons. The van der Waals surface area contributed by atoms with E-state index < -0.39 is 0 Å². The normalized spacial score (nSPS) is 20.2. The Morgan fingerprint density at radius 2 is 1.39 bits per heavy atom. The SMILES string of the molecule is CC=Cc1ccc([C@H]2CC[C@H](c3ccc(COCC=CCC)cc3)CC2)cc1. The summed E-state index contributed by atoms with van der Waals surface area (Å²) < 4.78 is 5.70. The second kappa shape index (κ2) is 11.0. The predicted octanol–water partition coefficient (Wildman–Crippen LogP) is 7.64. The van der Waals surface area contributed by atoms with Crippen LogP contribution in [0.2, 0.25) is 0 Å². The van der Waals surface area contributed by atoms with Crippen LogP contribution in [0.4, 0.5) is 0 Å². The number of benzene rings is 2. The molecule has 0 aliphatic heterocycles. The van der Waals surface area contributed by atoms with Crippen molar-refractivity contribution in [3.05, 3.63) is 89.0 Å². The first-order chi connectivity index (χ1) is 13.8. The van der Waals surface area contributed by atoms with E-state index in [4.69, 9.17) is 4.74 Å². The van der Waals surface area contributed by atoms with E-state index in [2.05, 4.69) is 86.7 Å². The van der Waals surface area contributed by atoms with Crippen LogP contribution in [-0.4, -0.2) is 6.61 Å². The van der Waals surface area contributed by atoms with Crippen molar-refractivity contribution in [2.45, 2.75) is 64.4 Å². The number of hydrogen-bond acceptors (Lipinski definition) is 1. The van der Waals surface area contributed by atoms with E-state index in [-0.39, 0.29) is 0 Å². The van der Waals surface area contributed by atoms with Crippen molar-refractivity contribution in [3.8, 4) is 0 Å². The van der Waals surface area contributed by atoms with Gasteiger partial charge in [0.2, 0.25) is 0 Å². The van der Waals surface area contributed by atoms with Gasteiger partial charge in [0.15, 0.2) is 0 Å². The molecule has 2 aromatic carbocycles. The van der Waals surface area contributed by atoms with E-state index in [1.165, 1.54) is 47.9 Å². The summed E-state index contributed by atoms with van der Waals surface area (Å²) in [5, 5.41) is 0. The minimum atomic E-state index is 0.699. The second-order valence-corrected chi connectivity index (χ2v) is 7.85. The fourth-order valence-corrected chi connectivity index (χ4v) is 4.20. The summed E-state index contributed by atoms with van der Waals surface area (Å²) in [6.07, 6.45) is 14.7. The monoisotopic (exact) mass is 374 g/mol. The van der Waals surface area contributed by atoms with E-state index in [0.29, 0.717) is 19.1 Å². The first kappa shape index (κ1) is 20.6. The Hall–Kier alpha value is -2.12. The maximum atomic E-state index is 5.70. The van der Waals surface area contributed by atoms with Crippen molar-refractivity contribution in [2.75, 3.05) is 6.61 Å². The predicted molar refractivity (Wildman–Crippen MR) is 121 cm³/mol. The Kier molecular flexibility index (Phi) is 8.11. The molecule has 0 N–H and O–H groups in total. The molecule has 0 saturated heterocycles. The summed E-state index contributed by atoms with van der Waals surface area (Å²) >= 11 is 0. The van der Waals surface area contributed by atoms with Gasteiger partial charge < -0.3 is 4.74 Å². The van der Waals surface area contributed by atoms with Gasteiger partial charge in [-0.2, -0.15) is 0 Å². The van der Waals surface area contributed by atoms with E-state index in [1.54, 1.807) is 0 Å². The first-order valence-corrected chi connectivity index (χ1v) is 10.8. The number of allylic oxidation sites excluding steroid dienone is 2. The molecule has 0 amide bonds. The average molecular weight is 375 g/mol. The highest BCUT2D eigenvalue weighted by molar-refractivity contribution is 5.49. The summed E-state index contributed by atoms with van der Waals surface area (Å²) in [7, 11) is 0. The molecular weight excluding hydrogens is 340 g/mol. The fraction of sp³-hybridized carbons (Fsp3) is 0.407. The van der Waals surface area contributed by atoms with Crippen molar-refractivity contribution in [1.82, 2.24) is 0 Å². The second-order valence-electron chi connectivity index (χ2n) is 7.85. The van der Waals surface area contributed by atoms with Crippen molar-refractivity contribution in [2.24, 2.45) is 0 Å². The zero-order valence-corrected chi connectivity index (χ0v) is 17.4. The Labute approximate surface area is 171 Å². The van der Waals surface area contributed by atoms with Crippen LogP contribution in [0.3, 0.4) is 0 Å². The van der Waals surface area contributed by atoms with Crippen LogP contribution in [0.1, 0.15) is 80.0 Å². The first-order valence-electron chi connectivity index (χ1n) is 10.8. The molecule has 0 aromatic heterocycles. The maximum absolute atomic E-state index is 5.70. The van der Waals surface area contributed by atoms with Crippen LogP contribution in [0, 0.1) is 0 Å². The van der Waals surface area contributed by atoms with E-state index in [1.807, 2.05) is 0 Å². The highest BCUT2D eigenvalue weighted by Gasteiger charge is 2.23. The number of ether oxygens (including phenoxy) is 1. The lowest BCUT2D eigenvalue weighted by molar-refractivity contribution is 0.148. The minimum Gasteiger partial charge on any atom is -0.373 e. The van der Waals surface area contributed by atoms with Gasteiger partial charge in [0, 0.05) is 0 Å². The quantitative estimate of drug-likeness (QED) is 0.341. The van der Waals surface area contributed by atoms with Gasteiger partial charge in [-0.3, -0.25) is 0 Å². The molecular formula is C27H34O. The molecule has 0 unspecified atom stereocenters. The highest BCUT2D eigenvalue weighted by Crippen LogP contribution is 2.40. The third-order valence-corrected chi connectivity index (χ3v) is 5.83. The Morgan fingerprint density at radius 3 is 1.93 bits per heavy atom.